The largest absolute Gasteiger partial charge is 0.236 e. The molecule has 1 atom stereocenters. The van der Waals surface area contributed by atoms with Crippen LogP contribution in [0, 0.1) is 0 Å². The summed E-state index contributed by atoms with van der Waals surface area (Å²) in [5.41, 5.74) is 1.18. The fraction of sp³-hybridized carbons (Fsp3) is 0.692. The van der Waals surface area contributed by atoms with Crippen LogP contribution in [0.25, 0.3) is 0 Å². The number of hydrogen-bond acceptors (Lipinski definition) is 4. The molecular formula is C13H17ClN2S2. The van der Waals surface area contributed by atoms with Crippen molar-refractivity contribution >= 4 is 35.1 Å². The topological polar surface area (TPSA) is 25.8 Å². The summed E-state index contributed by atoms with van der Waals surface area (Å²) in [6.45, 7) is 0. The first-order valence-electron chi connectivity index (χ1n) is 6.56. The van der Waals surface area contributed by atoms with Gasteiger partial charge in [0.1, 0.15) is 11.0 Å². The van der Waals surface area contributed by atoms with Gasteiger partial charge in [0.05, 0.1) is 5.25 Å². The summed E-state index contributed by atoms with van der Waals surface area (Å²) in [4.78, 5) is 9.26. The van der Waals surface area contributed by atoms with Gasteiger partial charge in [-0.15, -0.1) is 11.8 Å². The van der Waals surface area contributed by atoms with Crippen molar-refractivity contribution in [1.29, 1.82) is 0 Å². The molecular weight excluding hydrogens is 284 g/mol. The van der Waals surface area contributed by atoms with Gasteiger partial charge in [0, 0.05) is 28.9 Å². The molecule has 0 spiro atoms. The zero-order chi connectivity index (χ0) is 12.4. The predicted molar refractivity (Wildman–Crippen MR) is 80.8 cm³/mol. The number of nitrogens with zero attached hydrogens (tertiary/aromatic N) is 2. The highest BCUT2D eigenvalue weighted by Crippen LogP contribution is 2.38. The van der Waals surface area contributed by atoms with Gasteiger partial charge >= 0.3 is 0 Å². The molecule has 3 rings (SSSR count). The van der Waals surface area contributed by atoms with Gasteiger partial charge in [-0.1, -0.05) is 24.4 Å². The summed E-state index contributed by atoms with van der Waals surface area (Å²) in [6.07, 6.45) is 5.18. The highest BCUT2D eigenvalue weighted by molar-refractivity contribution is 8.06. The Balaban J connectivity index is 1.84. The van der Waals surface area contributed by atoms with Crippen LogP contribution < -0.4 is 0 Å². The molecule has 5 heteroatoms. The first kappa shape index (κ1) is 13.1. The summed E-state index contributed by atoms with van der Waals surface area (Å²) in [7, 11) is 0. The van der Waals surface area contributed by atoms with E-state index in [4.69, 9.17) is 16.6 Å². The molecule has 2 fully saturated rings. The van der Waals surface area contributed by atoms with Crippen LogP contribution in [0.15, 0.2) is 6.07 Å². The first-order valence-corrected chi connectivity index (χ1v) is 9.15. The average molecular weight is 301 g/mol. The average Bonchev–Trinajstić information content (AvgIpc) is 2.93. The van der Waals surface area contributed by atoms with Crippen molar-refractivity contribution in [2.24, 2.45) is 0 Å². The Morgan fingerprint density at radius 3 is 2.72 bits per heavy atom. The van der Waals surface area contributed by atoms with Crippen LogP contribution in [0.4, 0.5) is 0 Å². The molecule has 1 aliphatic heterocycles. The minimum atomic E-state index is 0.433. The van der Waals surface area contributed by atoms with Crippen LogP contribution in [0.3, 0.4) is 0 Å². The smallest absolute Gasteiger partial charge is 0.144 e. The van der Waals surface area contributed by atoms with E-state index in [1.807, 2.05) is 29.6 Å². The van der Waals surface area contributed by atoms with Crippen molar-refractivity contribution in [2.45, 2.75) is 36.9 Å². The van der Waals surface area contributed by atoms with Crippen LogP contribution >= 0.6 is 35.1 Å². The summed E-state index contributed by atoms with van der Waals surface area (Å²) in [6, 6.07) is 1.97. The second-order valence-corrected chi connectivity index (χ2v) is 7.74. The molecule has 2 aliphatic rings. The lowest BCUT2D eigenvalue weighted by molar-refractivity contribution is 0.684. The van der Waals surface area contributed by atoms with Gasteiger partial charge in [0.25, 0.3) is 0 Å². The standard InChI is InChI=1S/C13H17ClN2S2/c14-12-7-10(9-3-1-2-4-9)15-13(16-12)11-8-17-5-6-18-11/h7,9,11H,1-6,8H2. The van der Waals surface area contributed by atoms with E-state index in [2.05, 4.69) is 4.98 Å². The van der Waals surface area contributed by atoms with Crippen molar-refractivity contribution < 1.29 is 0 Å². The Bertz CT molecular complexity index is 415. The molecule has 1 unspecified atom stereocenters. The first-order chi connectivity index (χ1) is 8.83. The molecule has 0 radical (unpaired) electrons. The Labute approximate surface area is 122 Å². The van der Waals surface area contributed by atoms with Gasteiger partial charge in [-0.3, -0.25) is 0 Å². The molecule has 0 aromatic carbocycles. The van der Waals surface area contributed by atoms with Crippen LogP contribution in [-0.4, -0.2) is 27.2 Å². The van der Waals surface area contributed by atoms with Gasteiger partial charge in [0.2, 0.25) is 0 Å². The fourth-order valence-corrected chi connectivity index (χ4v) is 5.46. The van der Waals surface area contributed by atoms with Crippen LogP contribution in [0.1, 0.15) is 48.4 Å². The predicted octanol–water partition coefficient (Wildman–Crippen LogP) is 4.31. The van der Waals surface area contributed by atoms with Gasteiger partial charge in [-0.25, -0.2) is 9.97 Å². The van der Waals surface area contributed by atoms with Crippen LogP contribution in [0.5, 0.6) is 0 Å². The third kappa shape index (κ3) is 2.97. The second-order valence-electron chi connectivity index (χ2n) is 4.89. The maximum atomic E-state index is 6.18. The summed E-state index contributed by atoms with van der Waals surface area (Å²) in [5.74, 6) is 5.14. The lowest BCUT2D eigenvalue weighted by Crippen LogP contribution is -2.12. The molecule has 1 aromatic rings. The van der Waals surface area contributed by atoms with Crippen LogP contribution in [-0.2, 0) is 0 Å². The Kier molecular flexibility index (Phi) is 4.37. The van der Waals surface area contributed by atoms with E-state index in [0.717, 1.165) is 11.6 Å². The van der Waals surface area contributed by atoms with Gasteiger partial charge < -0.3 is 0 Å². The molecule has 1 saturated heterocycles. The molecule has 98 valence electrons. The molecule has 1 saturated carbocycles. The van der Waals surface area contributed by atoms with Crippen molar-refractivity contribution in [2.75, 3.05) is 17.3 Å². The molecule has 0 bridgehead atoms. The third-order valence-corrected chi connectivity index (χ3v) is 6.55. The quantitative estimate of drug-likeness (QED) is 0.760. The van der Waals surface area contributed by atoms with E-state index in [9.17, 15) is 0 Å². The SMILES string of the molecule is Clc1cc(C2CCCC2)nc(C2CSCCS2)n1. The number of aromatic nitrogens is 2. The third-order valence-electron chi connectivity index (χ3n) is 3.61. The summed E-state index contributed by atoms with van der Waals surface area (Å²) < 4.78 is 0. The normalized spacial score (nSPS) is 25.5. The molecule has 0 amide bonds. The number of hydrogen-bond donors (Lipinski definition) is 0. The highest BCUT2D eigenvalue weighted by Gasteiger charge is 2.23. The number of rotatable bonds is 2. The van der Waals surface area contributed by atoms with Crippen LogP contribution in [0.2, 0.25) is 5.15 Å². The Morgan fingerprint density at radius 1 is 1.17 bits per heavy atom. The van der Waals surface area contributed by atoms with Crippen molar-refractivity contribution in [3.05, 3.63) is 22.7 Å². The van der Waals surface area contributed by atoms with E-state index in [-0.39, 0.29) is 0 Å². The lowest BCUT2D eigenvalue weighted by Gasteiger charge is -2.21. The highest BCUT2D eigenvalue weighted by atomic mass is 35.5. The molecule has 1 aliphatic carbocycles. The van der Waals surface area contributed by atoms with E-state index < -0.39 is 0 Å². The van der Waals surface area contributed by atoms with Gasteiger partial charge in [-0.05, 0) is 18.9 Å². The maximum absolute atomic E-state index is 6.18. The lowest BCUT2D eigenvalue weighted by atomic mass is 10.0. The van der Waals surface area contributed by atoms with E-state index >= 15 is 0 Å². The Morgan fingerprint density at radius 2 is 2.00 bits per heavy atom. The molecule has 0 N–H and O–H groups in total. The maximum Gasteiger partial charge on any atom is 0.144 e. The van der Waals surface area contributed by atoms with Crippen molar-refractivity contribution in [3.63, 3.8) is 0 Å². The second kappa shape index (κ2) is 6.02. The van der Waals surface area contributed by atoms with E-state index in [0.29, 0.717) is 16.3 Å². The van der Waals surface area contributed by atoms with Crippen molar-refractivity contribution in [1.82, 2.24) is 9.97 Å². The summed E-state index contributed by atoms with van der Waals surface area (Å²) in [5, 5.41) is 1.06. The van der Waals surface area contributed by atoms with Crippen molar-refractivity contribution in [3.8, 4) is 0 Å². The zero-order valence-corrected chi connectivity index (χ0v) is 12.7. The number of halogens is 1. The fourth-order valence-electron chi connectivity index (χ4n) is 2.66. The monoisotopic (exact) mass is 300 g/mol. The minimum absolute atomic E-state index is 0.433. The van der Waals surface area contributed by atoms with E-state index in [1.165, 1.54) is 42.9 Å². The Hall–Kier alpha value is 0.0700. The number of thioether (sulfide) groups is 2. The zero-order valence-electron chi connectivity index (χ0n) is 10.3. The molecule has 1 aromatic heterocycles. The molecule has 2 heterocycles. The molecule has 2 nitrogen and oxygen atoms in total. The van der Waals surface area contributed by atoms with Gasteiger partial charge in [0.15, 0.2) is 0 Å². The van der Waals surface area contributed by atoms with Gasteiger partial charge in [-0.2, -0.15) is 11.8 Å². The minimum Gasteiger partial charge on any atom is -0.236 e. The summed E-state index contributed by atoms with van der Waals surface area (Å²) >= 11 is 10.2. The van der Waals surface area contributed by atoms with E-state index in [1.54, 1.807) is 0 Å². The molecule has 18 heavy (non-hydrogen) atoms.